The molecule has 3 aromatic rings. The molecule has 0 spiro atoms. The maximum atomic E-state index is 12.5. The number of rotatable bonds is 7. The summed E-state index contributed by atoms with van der Waals surface area (Å²) in [4.78, 5) is -0.0667. The minimum atomic E-state index is -4.12. The minimum Gasteiger partial charge on any atom is -0.374 e. The second-order valence-electron chi connectivity index (χ2n) is 5.49. The Balaban J connectivity index is 1.84. The van der Waals surface area contributed by atoms with E-state index in [-0.39, 0.29) is 21.3 Å². The number of benzene rings is 2. The van der Waals surface area contributed by atoms with Crippen LogP contribution in [0, 0.1) is 0 Å². The van der Waals surface area contributed by atoms with E-state index in [0.717, 1.165) is 23.3 Å². The Kier molecular flexibility index (Phi) is 5.54. The lowest BCUT2D eigenvalue weighted by molar-refractivity contribution is 0.451. The molecular weight excluding hydrogens is 408 g/mol. The molecule has 6 nitrogen and oxygen atoms in total. The Morgan fingerprint density at radius 1 is 0.741 bits per heavy atom. The molecule has 0 aliphatic rings. The van der Waals surface area contributed by atoms with Crippen LogP contribution in [0.4, 0.5) is 0 Å². The van der Waals surface area contributed by atoms with E-state index >= 15 is 0 Å². The molecular formula is C18H16O6S3. The molecule has 3 rings (SSSR count). The van der Waals surface area contributed by atoms with Crippen molar-refractivity contribution in [3.05, 3.63) is 70.9 Å². The summed E-state index contributed by atoms with van der Waals surface area (Å²) in [5.41, 5.74) is 0.988. The van der Waals surface area contributed by atoms with Crippen LogP contribution in [-0.4, -0.2) is 16.8 Å². The van der Waals surface area contributed by atoms with E-state index in [1.165, 1.54) is 35.0 Å². The largest absolute Gasteiger partial charge is 0.374 e. The lowest BCUT2D eigenvalue weighted by Crippen LogP contribution is -2.12. The van der Waals surface area contributed by atoms with Gasteiger partial charge in [0.05, 0.1) is 0 Å². The Bertz CT molecular complexity index is 1120. The van der Waals surface area contributed by atoms with Gasteiger partial charge in [-0.2, -0.15) is 16.8 Å². The van der Waals surface area contributed by atoms with Crippen molar-refractivity contribution >= 4 is 31.6 Å². The average Bonchev–Trinajstić information content (AvgIpc) is 3.08. The Morgan fingerprint density at radius 3 is 1.70 bits per heavy atom. The van der Waals surface area contributed by atoms with Crippen molar-refractivity contribution in [2.24, 2.45) is 0 Å². The molecule has 0 aliphatic carbocycles. The van der Waals surface area contributed by atoms with Crippen LogP contribution in [0.2, 0.25) is 0 Å². The highest BCUT2D eigenvalue weighted by atomic mass is 32.2. The fourth-order valence-electron chi connectivity index (χ4n) is 2.21. The van der Waals surface area contributed by atoms with E-state index in [0.29, 0.717) is 0 Å². The molecule has 0 bridgehead atoms. The van der Waals surface area contributed by atoms with E-state index < -0.39 is 20.2 Å². The molecule has 0 saturated carbocycles. The van der Waals surface area contributed by atoms with Gasteiger partial charge in [0.25, 0.3) is 0 Å². The Labute approximate surface area is 162 Å². The number of aryl methyl sites for hydroxylation is 1. The predicted octanol–water partition coefficient (Wildman–Crippen LogP) is 3.85. The molecule has 0 N–H and O–H groups in total. The molecule has 2 aromatic carbocycles. The fourth-order valence-corrected chi connectivity index (χ4v) is 4.86. The molecule has 9 heteroatoms. The lowest BCUT2D eigenvalue weighted by Gasteiger charge is -2.10. The van der Waals surface area contributed by atoms with Gasteiger partial charge in [0, 0.05) is 10.8 Å². The molecule has 1 aromatic heterocycles. The summed E-state index contributed by atoms with van der Waals surface area (Å²) in [6.07, 6.45) is 0.779. The third-order valence-corrected chi connectivity index (χ3v) is 6.84. The summed E-state index contributed by atoms with van der Waals surface area (Å²) in [6, 6.07) is 13.8. The summed E-state index contributed by atoms with van der Waals surface area (Å²) >= 11 is 1.07. The predicted molar refractivity (Wildman–Crippen MR) is 102 cm³/mol. The van der Waals surface area contributed by atoms with Crippen LogP contribution in [0.3, 0.4) is 0 Å². The van der Waals surface area contributed by atoms with E-state index in [2.05, 4.69) is 0 Å². The first-order valence-corrected chi connectivity index (χ1v) is 11.7. The third kappa shape index (κ3) is 4.49. The SMILES string of the molecule is CCc1ccc(S(=O)(=O)Oc2cscc2OS(=O)(=O)c2ccccc2)cc1. The van der Waals surface area contributed by atoms with Gasteiger partial charge < -0.3 is 8.37 Å². The first-order valence-electron chi connectivity index (χ1n) is 7.91. The molecule has 0 amide bonds. The Morgan fingerprint density at radius 2 is 1.22 bits per heavy atom. The van der Waals surface area contributed by atoms with Crippen molar-refractivity contribution in [2.75, 3.05) is 0 Å². The van der Waals surface area contributed by atoms with Crippen LogP contribution in [-0.2, 0) is 26.7 Å². The first kappa shape index (κ1) is 19.4. The lowest BCUT2D eigenvalue weighted by atomic mass is 10.2. The summed E-state index contributed by atoms with van der Waals surface area (Å²) < 4.78 is 59.8. The normalized spacial score (nSPS) is 11.9. The summed E-state index contributed by atoms with van der Waals surface area (Å²) in [5, 5.41) is 2.74. The minimum absolute atomic E-state index is 0.0252. The van der Waals surface area contributed by atoms with Crippen molar-refractivity contribution in [3.8, 4) is 11.5 Å². The van der Waals surface area contributed by atoms with Gasteiger partial charge in [-0.25, -0.2) is 0 Å². The average molecular weight is 425 g/mol. The van der Waals surface area contributed by atoms with Gasteiger partial charge in [-0.05, 0) is 36.2 Å². The first-order chi connectivity index (χ1) is 12.8. The number of hydrogen-bond acceptors (Lipinski definition) is 7. The highest BCUT2D eigenvalue weighted by Crippen LogP contribution is 2.35. The molecule has 142 valence electrons. The van der Waals surface area contributed by atoms with E-state index in [1.54, 1.807) is 30.3 Å². The highest BCUT2D eigenvalue weighted by Gasteiger charge is 2.24. The standard InChI is InChI=1S/C18H16O6S3/c1-2-14-8-10-16(11-9-14)27(21,22)24-18-13-25-12-17(18)23-26(19,20)15-6-4-3-5-7-15/h3-13H,2H2,1H3. The van der Waals surface area contributed by atoms with Crippen LogP contribution < -0.4 is 8.37 Å². The second kappa shape index (κ2) is 7.71. The van der Waals surface area contributed by atoms with Crippen molar-refractivity contribution < 1.29 is 25.2 Å². The van der Waals surface area contributed by atoms with Crippen molar-refractivity contribution in [2.45, 2.75) is 23.1 Å². The second-order valence-corrected chi connectivity index (χ2v) is 9.32. The van der Waals surface area contributed by atoms with Gasteiger partial charge in [-0.15, -0.1) is 11.3 Å². The van der Waals surface area contributed by atoms with Gasteiger partial charge in [-0.3, -0.25) is 0 Å². The zero-order chi connectivity index (χ0) is 19.5. The smallest absolute Gasteiger partial charge is 0.339 e. The van der Waals surface area contributed by atoms with Gasteiger partial charge in [0.15, 0.2) is 11.5 Å². The van der Waals surface area contributed by atoms with Crippen molar-refractivity contribution in [3.63, 3.8) is 0 Å². The maximum Gasteiger partial charge on any atom is 0.339 e. The van der Waals surface area contributed by atoms with E-state index in [9.17, 15) is 16.8 Å². The zero-order valence-corrected chi connectivity index (χ0v) is 16.7. The fraction of sp³-hybridized carbons (Fsp3) is 0.111. The quantitative estimate of drug-likeness (QED) is 0.536. The number of thiophene rings is 1. The van der Waals surface area contributed by atoms with E-state index in [4.69, 9.17) is 8.37 Å². The maximum absolute atomic E-state index is 12.5. The van der Waals surface area contributed by atoms with Gasteiger partial charge in [0.2, 0.25) is 0 Å². The zero-order valence-electron chi connectivity index (χ0n) is 14.2. The molecule has 0 unspecified atom stereocenters. The molecule has 1 heterocycles. The topological polar surface area (TPSA) is 86.7 Å². The molecule has 0 atom stereocenters. The summed E-state index contributed by atoms with van der Waals surface area (Å²) in [5.74, 6) is -0.364. The molecule has 0 fully saturated rings. The van der Waals surface area contributed by atoms with Crippen LogP contribution in [0.5, 0.6) is 11.5 Å². The van der Waals surface area contributed by atoms with Gasteiger partial charge in [0.1, 0.15) is 9.79 Å². The van der Waals surface area contributed by atoms with Crippen LogP contribution >= 0.6 is 11.3 Å². The summed E-state index contributed by atoms with van der Waals surface area (Å²) in [7, 11) is -8.22. The van der Waals surface area contributed by atoms with Gasteiger partial charge >= 0.3 is 20.2 Å². The molecule has 0 aliphatic heterocycles. The van der Waals surface area contributed by atoms with Crippen LogP contribution in [0.25, 0.3) is 0 Å². The summed E-state index contributed by atoms with van der Waals surface area (Å²) in [6.45, 7) is 1.96. The molecule has 27 heavy (non-hydrogen) atoms. The Hall–Kier alpha value is -2.36. The number of hydrogen-bond donors (Lipinski definition) is 0. The van der Waals surface area contributed by atoms with Crippen LogP contribution in [0.1, 0.15) is 12.5 Å². The molecule has 0 radical (unpaired) electrons. The third-order valence-electron chi connectivity index (χ3n) is 3.64. The highest BCUT2D eigenvalue weighted by molar-refractivity contribution is 7.87. The van der Waals surface area contributed by atoms with Crippen molar-refractivity contribution in [1.29, 1.82) is 0 Å². The monoisotopic (exact) mass is 424 g/mol. The van der Waals surface area contributed by atoms with Gasteiger partial charge in [-0.1, -0.05) is 37.3 Å². The van der Waals surface area contributed by atoms with Crippen LogP contribution in [0.15, 0.2) is 75.1 Å². The van der Waals surface area contributed by atoms with Crippen molar-refractivity contribution in [1.82, 2.24) is 0 Å². The molecule has 0 saturated heterocycles. The van der Waals surface area contributed by atoms with E-state index in [1.807, 2.05) is 6.92 Å².